The van der Waals surface area contributed by atoms with E-state index in [-0.39, 0.29) is 11.7 Å². The maximum atomic E-state index is 12.5. The molecule has 2 aliphatic heterocycles. The number of benzene rings is 1. The van der Waals surface area contributed by atoms with Crippen LogP contribution >= 0.6 is 0 Å². The van der Waals surface area contributed by atoms with E-state index in [9.17, 15) is 4.79 Å². The highest BCUT2D eigenvalue weighted by Crippen LogP contribution is 2.32. The second-order valence-corrected chi connectivity index (χ2v) is 5.03. The van der Waals surface area contributed by atoms with Gasteiger partial charge in [-0.25, -0.2) is 0 Å². The summed E-state index contributed by atoms with van der Waals surface area (Å²) in [5, 5.41) is 0. The molecule has 1 aromatic carbocycles. The molecule has 0 bridgehead atoms. The van der Waals surface area contributed by atoms with Gasteiger partial charge in [0.15, 0.2) is 5.78 Å². The number of fused-ring (bicyclic) bond motifs is 1. The number of hydrogen-bond acceptors (Lipinski definition) is 2. The van der Waals surface area contributed by atoms with Crippen LogP contribution in [-0.2, 0) is 4.79 Å². The Morgan fingerprint density at radius 1 is 1.17 bits per heavy atom. The highest BCUT2D eigenvalue weighted by Gasteiger charge is 2.34. The molecule has 2 heteroatoms. The van der Waals surface area contributed by atoms with Crippen LogP contribution in [0.4, 0.5) is 0 Å². The number of carbonyl (C=O) groups is 1. The van der Waals surface area contributed by atoms with Crippen LogP contribution in [0.3, 0.4) is 0 Å². The first kappa shape index (κ1) is 11.3. The number of nitrogens with zero attached hydrogens (tertiary/aromatic N) is 1. The molecule has 0 radical (unpaired) electrons. The van der Waals surface area contributed by atoms with Crippen molar-refractivity contribution in [2.75, 3.05) is 6.54 Å². The summed E-state index contributed by atoms with van der Waals surface area (Å²) in [4.78, 5) is 14.8. The van der Waals surface area contributed by atoms with Crippen LogP contribution in [-0.4, -0.2) is 23.3 Å². The third kappa shape index (κ3) is 1.78. The SMILES string of the molecule is CC1C(=O)C(c2ccccc2)=CN2CC=CCC12. The topological polar surface area (TPSA) is 20.3 Å². The summed E-state index contributed by atoms with van der Waals surface area (Å²) >= 11 is 0. The summed E-state index contributed by atoms with van der Waals surface area (Å²) in [7, 11) is 0. The Bertz CT molecular complexity index is 515. The first-order chi connectivity index (χ1) is 8.77. The van der Waals surface area contributed by atoms with E-state index in [0.29, 0.717) is 6.04 Å². The van der Waals surface area contributed by atoms with Crippen molar-refractivity contribution >= 4 is 11.4 Å². The van der Waals surface area contributed by atoms with Gasteiger partial charge in [-0.15, -0.1) is 0 Å². The smallest absolute Gasteiger partial charge is 0.169 e. The van der Waals surface area contributed by atoms with Gasteiger partial charge in [0.2, 0.25) is 0 Å². The van der Waals surface area contributed by atoms with E-state index in [0.717, 1.165) is 24.1 Å². The molecule has 0 saturated heterocycles. The fourth-order valence-electron chi connectivity index (χ4n) is 2.83. The first-order valence-corrected chi connectivity index (χ1v) is 6.49. The van der Waals surface area contributed by atoms with Gasteiger partial charge in [-0.05, 0) is 12.0 Å². The van der Waals surface area contributed by atoms with Crippen LogP contribution in [0, 0.1) is 5.92 Å². The molecule has 2 heterocycles. The van der Waals surface area contributed by atoms with Gasteiger partial charge < -0.3 is 4.90 Å². The molecule has 2 nitrogen and oxygen atoms in total. The maximum Gasteiger partial charge on any atom is 0.169 e. The Labute approximate surface area is 108 Å². The lowest BCUT2D eigenvalue weighted by molar-refractivity contribution is -0.119. The van der Waals surface area contributed by atoms with Crippen LogP contribution in [0.5, 0.6) is 0 Å². The lowest BCUT2D eigenvalue weighted by atomic mass is 9.83. The summed E-state index contributed by atoms with van der Waals surface area (Å²) in [6.07, 6.45) is 7.39. The zero-order valence-electron chi connectivity index (χ0n) is 10.5. The molecule has 0 aromatic heterocycles. The number of Topliss-reactive ketones (excluding diaryl/α,β-unsaturated/α-hetero) is 1. The van der Waals surface area contributed by atoms with Gasteiger partial charge in [0.1, 0.15) is 0 Å². The summed E-state index contributed by atoms with van der Waals surface area (Å²) in [6, 6.07) is 10.3. The van der Waals surface area contributed by atoms with E-state index in [2.05, 4.69) is 24.0 Å². The average molecular weight is 239 g/mol. The fraction of sp³-hybridized carbons (Fsp3) is 0.312. The highest BCUT2D eigenvalue weighted by atomic mass is 16.1. The zero-order chi connectivity index (χ0) is 12.5. The molecule has 92 valence electrons. The van der Waals surface area contributed by atoms with Crippen LogP contribution in [0.1, 0.15) is 18.9 Å². The Balaban J connectivity index is 2.02. The Morgan fingerprint density at radius 3 is 2.72 bits per heavy atom. The fourth-order valence-corrected chi connectivity index (χ4v) is 2.83. The Hall–Kier alpha value is -1.83. The normalized spacial score (nSPS) is 26.8. The molecule has 0 saturated carbocycles. The minimum Gasteiger partial charge on any atom is -0.369 e. The van der Waals surface area contributed by atoms with Crippen molar-refractivity contribution < 1.29 is 4.79 Å². The number of rotatable bonds is 1. The molecule has 0 fully saturated rings. The van der Waals surface area contributed by atoms with Gasteiger partial charge in [0, 0.05) is 30.3 Å². The van der Waals surface area contributed by atoms with E-state index < -0.39 is 0 Å². The Morgan fingerprint density at radius 2 is 1.94 bits per heavy atom. The third-order valence-electron chi connectivity index (χ3n) is 3.92. The van der Waals surface area contributed by atoms with E-state index in [4.69, 9.17) is 0 Å². The van der Waals surface area contributed by atoms with Crippen LogP contribution in [0.15, 0.2) is 48.7 Å². The van der Waals surface area contributed by atoms with Gasteiger partial charge in [0.25, 0.3) is 0 Å². The third-order valence-corrected chi connectivity index (χ3v) is 3.92. The van der Waals surface area contributed by atoms with Crippen LogP contribution in [0.2, 0.25) is 0 Å². The van der Waals surface area contributed by atoms with Crippen molar-refractivity contribution in [2.45, 2.75) is 19.4 Å². The van der Waals surface area contributed by atoms with Gasteiger partial charge in [0.05, 0.1) is 0 Å². The standard InChI is InChI=1S/C16H17NO/c1-12-15-9-5-6-10-17(15)11-14(16(12)18)13-7-3-2-4-8-13/h2-8,11-12,15H,9-10H2,1H3. The number of allylic oxidation sites excluding steroid dienone is 1. The van der Waals surface area contributed by atoms with Crippen molar-refractivity contribution in [1.29, 1.82) is 0 Å². The van der Waals surface area contributed by atoms with E-state index in [1.165, 1.54) is 0 Å². The van der Waals surface area contributed by atoms with E-state index in [1.807, 2.05) is 36.5 Å². The van der Waals surface area contributed by atoms with Crippen molar-refractivity contribution in [2.24, 2.45) is 5.92 Å². The van der Waals surface area contributed by atoms with Crippen molar-refractivity contribution in [3.05, 3.63) is 54.2 Å². The predicted molar refractivity (Wildman–Crippen MR) is 72.8 cm³/mol. The second kappa shape index (κ2) is 4.45. The molecule has 2 aliphatic rings. The second-order valence-electron chi connectivity index (χ2n) is 5.03. The van der Waals surface area contributed by atoms with Crippen LogP contribution < -0.4 is 0 Å². The summed E-state index contributed by atoms with van der Waals surface area (Å²) in [5.41, 5.74) is 1.89. The Kier molecular flexibility index (Phi) is 2.78. The molecular formula is C16H17NO. The van der Waals surface area contributed by atoms with Crippen LogP contribution in [0.25, 0.3) is 5.57 Å². The van der Waals surface area contributed by atoms with Gasteiger partial charge in [-0.3, -0.25) is 4.79 Å². The van der Waals surface area contributed by atoms with Gasteiger partial charge >= 0.3 is 0 Å². The molecule has 3 rings (SSSR count). The molecule has 0 aliphatic carbocycles. The quantitative estimate of drug-likeness (QED) is 0.702. The predicted octanol–water partition coefficient (Wildman–Crippen LogP) is 2.88. The van der Waals surface area contributed by atoms with Crippen molar-refractivity contribution in [1.82, 2.24) is 4.90 Å². The minimum atomic E-state index is 0.0788. The zero-order valence-corrected chi connectivity index (χ0v) is 10.5. The molecule has 18 heavy (non-hydrogen) atoms. The van der Waals surface area contributed by atoms with Crippen molar-refractivity contribution in [3.63, 3.8) is 0 Å². The number of hydrogen-bond donors (Lipinski definition) is 0. The van der Waals surface area contributed by atoms with Gasteiger partial charge in [-0.1, -0.05) is 49.4 Å². The summed E-state index contributed by atoms with van der Waals surface area (Å²) < 4.78 is 0. The van der Waals surface area contributed by atoms with E-state index in [1.54, 1.807) is 0 Å². The lowest BCUT2D eigenvalue weighted by Crippen LogP contribution is -2.45. The maximum absolute atomic E-state index is 12.5. The lowest BCUT2D eigenvalue weighted by Gasteiger charge is -2.40. The minimum absolute atomic E-state index is 0.0788. The highest BCUT2D eigenvalue weighted by molar-refractivity contribution is 6.22. The monoisotopic (exact) mass is 239 g/mol. The molecule has 2 unspecified atom stereocenters. The molecule has 0 amide bonds. The van der Waals surface area contributed by atoms with Gasteiger partial charge in [-0.2, -0.15) is 0 Å². The molecule has 0 spiro atoms. The van der Waals surface area contributed by atoms with E-state index >= 15 is 0 Å². The van der Waals surface area contributed by atoms with Crippen molar-refractivity contribution in [3.8, 4) is 0 Å². The average Bonchev–Trinajstić information content (AvgIpc) is 2.44. The summed E-state index contributed by atoms with van der Waals surface area (Å²) in [6.45, 7) is 2.97. The number of ketones is 1. The summed E-state index contributed by atoms with van der Waals surface area (Å²) in [5.74, 6) is 0.355. The molecule has 1 aromatic rings. The number of carbonyl (C=O) groups excluding carboxylic acids is 1. The molecule has 0 N–H and O–H groups in total. The first-order valence-electron chi connectivity index (χ1n) is 6.49. The molecular weight excluding hydrogens is 222 g/mol. The largest absolute Gasteiger partial charge is 0.369 e. The molecule has 2 atom stereocenters.